The second kappa shape index (κ2) is 7.09. The Balaban J connectivity index is 1.90. The Morgan fingerprint density at radius 1 is 1.55 bits per heavy atom. The van der Waals surface area contributed by atoms with E-state index < -0.39 is 0 Å². The van der Waals surface area contributed by atoms with E-state index in [9.17, 15) is 9.90 Å². The first-order valence-electron chi connectivity index (χ1n) is 6.99. The fraction of sp³-hybridized carbons (Fsp3) is 0.533. The fourth-order valence-electron chi connectivity index (χ4n) is 2.53. The molecule has 0 radical (unpaired) electrons. The normalized spacial score (nSPS) is 18.9. The van der Waals surface area contributed by atoms with Gasteiger partial charge >= 0.3 is 6.03 Å². The molecule has 20 heavy (non-hydrogen) atoms. The SMILES string of the molecule is Cc1cccc(CNC(=O)N2CCCC(CO)C2)c1Br. The summed E-state index contributed by atoms with van der Waals surface area (Å²) in [6, 6.07) is 5.98. The van der Waals surface area contributed by atoms with Gasteiger partial charge in [0.25, 0.3) is 0 Å². The third-order valence-electron chi connectivity index (χ3n) is 3.77. The van der Waals surface area contributed by atoms with Crippen molar-refractivity contribution in [3.63, 3.8) is 0 Å². The van der Waals surface area contributed by atoms with Gasteiger partial charge < -0.3 is 15.3 Å². The van der Waals surface area contributed by atoms with Gasteiger partial charge in [-0.25, -0.2) is 4.79 Å². The minimum absolute atomic E-state index is 0.0449. The molecule has 1 aliphatic rings. The van der Waals surface area contributed by atoms with Gasteiger partial charge in [0, 0.05) is 30.7 Å². The maximum atomic E-state index is 12.1. The van der Waals surface area contributed by atoms with E-state index in [1.807, 2.05) is 25.1 Å². The highest BCUT2D eigenvalue weighted by Crippen LogP contribution is 2.21. The summed E-state index contributed by atoms with van der Waals surface area (Å²) in [5, 5.41) is 12.2. The maximum Gasteiger partial charge on any atom is 0.317 e. The Labute approximate surface area is 128 Å². The van der Waals surface area contributed by atoms with E-state index in [4.69, 9.17) is 0 Å². The third-order valence-corrected chi connectivity index (χ3v) is 4.90. The van der Waals surface area contributed by atoms with Gasteiger partial charge in [0.15, 0.2) is 0 Å². The largest absolute Gasteiger partial charge is 0.396 e. The van der Waals surface area contributed by atoms with Crippen LogP contribution in [0.1, 0.15) is 24.0 Å². The molecule has 0 bridgehead atoms. The number of nitrogens with zero attached hydrogens (tertiary/aromatic N) is 1. The molecule has 0 aliphatic carbocycles. The number of amides is 2. The summed E-state index contributed by atoms with van der Waals surface area (Å²) in [7, 11) is 0. The van der Waals surface area contributed by atoms with Crippen LogP contribution in [0.4, 0.5) is 4.79 Å². The molecule has 2 N–H and O–H groups in total. The second-order valence-corrected chi connectivity index (χ2v) is 6.14. The van der Waals surface area contributed by atoms with Crippen LogP contribution in [-0.2, 0) is 6.54 Å². The van der Waals surface area contributed by atoms with Crippen LogP contribution in [0.25, 0.3) is 0 Å². The van der Waals surface area contributed by atoms with Crippen molar-refractivity contribution in [3.05, 3.63) is 33.8 Å². The summed E-state index contributed by atoms with van der Waals surface area (Å²) < 4.78 is 1.05. The molecule has 1 fully saturated rings. The zero-order chi connectivity index (χ0) is 14.5. The molecule has 2 amide bonds. The molecule has 1 atom stereocenters. The van der Waals surface area contributed by atoms with E-state index in [2.05, 4.69) is 21.2 Å². The number of halogens is 1. The molecule has 0 spiro atoms. The average Bonchev–Trinajstić information content (AvgIpc) is 2.48. The topological polar surface area (TPSA) is 52.6 Å². The maximum absolute atomic E-state index is 12.1. The van der Waals surface area contributed by atoms with Crippen LogP contribution in [-0.4, -0.2) is 35.7 Å². The molecular weight excluding hydrogens is 320 g/mol. The molecule has 1 saturated heterocycles. The Kier molecular flexibility index (Phi) is 5.43. The monoisotopic (exact) mass is 340 g/mol. The molecule has 1 aliphatic heterocycles. The minimum Gasteiger partial charge on any atom is -0.396 e. The summed E-state index contributed by atoms with van der Waals surface area (Å²) in [6.07, 6.45) is 1.97. The first-order valence-corrected chi connectivity index (χ1v) is 7.78. The number of nitrogens with one attached hydrogen (secondary N) is 1. The van der Waals surface area contributed by atoms with E-state index in [1.165, 1.54) is 0 Å². The molecular formula is C15H21BrN2O2. The van der Waals surface area contributed by atoms with Crippen molar-refractivity contribution in [2.45, 2.75) is 26.3 Å². The van der Waals surface area contributed by atoms with Gasteiger partial charge in [0.2, 0.25) is 0 Å². The molecule has 2 rings (SSSR count). The molecule has 1 heterocycles. The quantitative estimate of drug-likeness (QED) is 0.888. The summed E-state index contributed by atoms with van der Waals surface area (Å²) in [5.74, 6) is 0.222. The van der Waals surface area contributed by atoms with E-state index in [-0.39, 0.29) is 18.6 Å². The number of urea groups is 1. The van der Waals surface area contributed by atoms with Crippen molar-refractivity contribution < 1.29 is 9.90 Å². The van der Waals surface area contributed by atoms with Gasteiger partial charge in [0.05, 0.1) is 0 Å². The van der Waals surface area contributed by atoms with Crippen molar-refractivity contribution in [1.82, 2.24) is 10.2 Å². The number of benzene rings is 1. The number of hydrogen-bond acceptors (Lipinski definition) is 2. The van der Waals surface area contributed by atoms with Gasteiger partial charge in [-0.05, 0) is 36.8 Å². The van der Waals surface area contributed by atoms with E-state index >= 15 is 0 Å². The van der Waals surface area contributed by atoms with Crippen LogP contribution in [0.2, 0.25) is 0 Å². The third kappa shape index (κ3) is 3.73. The molecule has 4 nitrogen and oxygen atoms in total. The molecule has 0 saturated carbocycles. The predicted molar refractivity (Wildman–Crippen MR) is 82.5 cm³/mol. The number of aryl methyl sites for hydroxylation is 1. The lowest BCUT2D eigenvalue weighted by atomic mass is 9.99. The van der Waals surface area contributed by atoms with Gasteiger partial charge in [-0.2, -0.15) is 0 Å². The van der Waals surface area contributed by atoms with Crippen LogP contribution in [0.5, 0.6) is 0 Å². The molecule has 1 aromatic carbocycles. The van der Waals surface area contributed by atoms with Crippen molar-refractivity contribution >= 4 is 22.0 Å². The standard InChI is InChI=1S/C15H21BrN2O2/c1-11-4-2-6-13(14(11)16)8-17-15(20)18-7-3-5-12(9-18)10-19/h2,4,6,12,19H,3,5,7-10H2,1H3,(H,17,20). The second-order valence-electron chi connectivity index (χ2n) is 5.34. The Morgan fingerprint density at radius 2 is 2.35 bits per heavy atom. The highest BCUT2D eigenvalue weighted by atomic mass is 79.9. The Bertz CT molecular complexity index is 479. The minimum atomic E-state index is -0.0449. The fourth-order valence-corrected chi connectivity index (χ4v) is 2.93. The number of hydrogen-bond donors (Lipinski definition) is 2. The van der Waals surface area contributed by atoms with E-state index in [1.54, 1.807) is 4.90 Å². The summed E-state index contributed by atoms with van der Waals surface area (Å²) in [4.78, 5) is 13.9. The lowest BCUT2D eigenvalue weighted by Crippen LogP contribution is -2.45. The van der Waals surface area contributed by atoms with Crippen molar-refractivity contribution in [2.24, 2.45) is 5.92 Å². The van der Waals surface area contributed by atoms with Gasteiger partial charge in [-0.15, -0.1) is 0 Å². The zero-order valence-corrected chi connectivity index (χ0v) is 13.3. The van der Waals surface area contributed by atoms with Crippen molar-refractivity contribution in [1.29, 1.82) is 0 Å². The molecule has 110 valence electrons. The number of rotatable bonds is 3. The van der Waals surface area contributed by atoms with Crippen LogP contribution < -0.4 is 5.32 Å². The Hall–Kier alpha value is -1.07. The Morgan fingerprint density at radius 3 is 3.10 bits per heavy atom. The average molecular weight is 341 g/mol. The number of aliphatic hydroxyl groups excluding tert-OH is 1. The first kappa shape index (κ1) is 15.3. The van der Waals surface area contributed by atoms with Crippen molar-refractivity contribution in [3.8, 4) is 0 Å². The van der Waals surface area contributed by atoms with E-state index in [0.29, 0.717) is 13.1 Å². The van der Waals surface area contributed by atoms with Crippen LogP contribution in [0, 0.1) is 12.8 Å². The van der Waals surface area contributed by atoms with Gasteiger partial charge in [-0.1, -0.05) is 34.1 Å². The summed E-state index contributed by atoms with van der Waals surface area (Å²) in [5.41, 5.74) is 2.24. The lowest BCUT2D eigenvalue weighted by molar-refractivity contribution is 0.129. The molecule has 0 aromatic heterocycles. The predicted octanol–water partition coefficient (Wildman–Crippen LogP) is 2.67. The number of likely N-dealkylation sites (tertiary alicyclic amines) is 1. The zero-order valence-electron chi connectivity index (χ0n) is 11.7. The smallest absolute Gasteiger partial charge is 0.317 e. The van der Waals surface area contributed by atoms with Crippen LogP contribution in [0.15, 0.2) is 22.7 Å². The number of carbonyl (C=O) groups excluding carboxylic acids is 1. The molecule has 5 heteroatoms. The lowest BCUT2D eigenvalue weighted by Gasteiger charge is -2.31. The number of carbonyl (C=O) groups is 1. The highest BCUT2D eigenvalue weighted by Gasteiger charge is 2.22. The first-order chi connectivity index (χ1) is 9.61. The van der Waals surface area contributed by atoms with Crippen LogP contribution >= 0.6 is 15.9 Å². The number of piperidine rings is 1. The highest BCUT2D eigenvalue weighted by molar-refractivity contribution is 9.10. The summed E-state index contributed by atoms with van der Waals surface area (Å²) >= 11 is 3.55. The van der Waals surface area contributed by atoms with Crippen molar-refractivity contribution in [2.75, 3.05) is 19.7 Å². The number of aliphatic hydroxyl groups is 1. The molecule has 1 aromatic rings. The summed E-state index contributed by atoms with van der Waals surface area (Å²) in [6.45, 7) is 4.13. The van der Waals surface area contributed by atoms with Crippen LogP contribution in [0.3, 0.4) is 0 Å². The van der Waals surface area contributed by atoms with Gasteiger partial charge in [-0.3, -0.25) is 0 Å². The van der Waals surface area contributed by atoms with E-state index in [0.717, 1.165) is 35.0 Å². The molecule has 1 unspecified atom stereocenters. The van der Waals surface area contributed by atoms with Gasteiger partial charge in [0.1, 0.15) is 0 Å².